The fraction of sp³-hybridized carbons (Fsp3) is 0.647. The van der Waals surface area contributed by atoms with E-state index in [-0.39, 0.29) is 12.1 Å². The molecular weight excluding hydrogens is 250 g/mol. The second-order valence-electron chi connectivity index (χ2n) is 5.50. The number of ether oxygens (including phenoxy) is 2. The molecule has 1 heterocycles. The van der Waals surface area contributed by atoms with Gasteiger partial charge < -0.3 is 14.8 Å². The van der Waals surface area contributed by atoms with E-state index >= 15 is 0 Å². The van der Waals surface area contributed by atoms with Crippen LogP contribution in [-0.4, -0.2) is 32.5 Å². The molecule has 2 rings (SSSR count). The second kappa shape index (κ2) is 7.77. The molecule has 1 aliphatic rings. The number of nitrogens with one attached hydrogen (secondary N) is 1. The van der Waals surface area contributed by atoms with Crippen LogP contribution in [0.25, 0.3) is 0 Å². The van der Waals surface area contributed by atoms with Crippen LogP contribution in [0.3, 0.4) is 0 Å². The Hall–Kier alpha value is -0.900. The van der Waals surface area contributed by atoms with E-state index in [1.807, 2.05) is 0 Å². The molecule has 3 atom stereocenters. The summed E-state index contributed by atoms with van der Waals surface area (Å²) in [6.45, 7) is 9.63. The van der Waals surface area contributed by atoms with E-state index in [0.29, 0.717) is 25.7 Å². The number of likely N-dealkylation sites (N-methyl/N-ethyl adjacent to an activating group) is 1. The van der Waals surface area contributed by atoms with Gasteiger partial charge in [-0.15, -0.1) is 0 Å². The largest absolute Gasteiger partial charge is 0.376 e. The monoisotopic (exact) mass is 277 g/mol. The first-order valence-electron chi connectivity index (χ1n) is 7.78. The third-order valence-corrected chi connectivity index (χ3v) is 4.11. The summed E-state index contributed by atoms with van der Waals surface area (Å²) in [5.74, 6) is 0.621. The van der Waals surface area contributed by atoms with Gasteiger partial charge in [0.25, 0.3) is 0 Å². The van der Waals surface area contributed by atoms with Gasteiger partial charge >= 0.3 is 0 Å². The van der Waals surface area contributed by atoms with E-state index in [4.69, 9.17) is 9.47 Å². The predicted octanol–water partition coefficient (Wildman–Crippen LogP) is 3.27. The van der Waals surface area contributed by atoms with Crippen LogP contribution >= 0.6 is 0 Å². The lowest BCUT2D eigenvalue weighted by atomic mass is 9.94. The highest BCUT2D eigenvalue weighted by atomic mass is 16.6. The van der Waals surface area contributed by atoms with Gasteiger partial charge in [0.2, 0.25) is 0 Å². The third kappa shape index (κ3) is 3.81. The van der Waals surface area contributed by atoms with Crippen LogP contribution in [0.1, 0.15) is 50.3 Å². The minimum absolute atomic E-state index is 0.109. The number of rotatable bonds is 6. The summed E-state index contributed by atoms with van der Waals surface area (Å²) in [5, 5.41) is 3.53. The number of benzene rings is 1. The molecule has 1 saturated heterocycles. The van der Waals surface area contributed by atoms with Crippen LogP contribution in [0.15, 0.2) is 24.3 Å². The molecule has 0 aromatic heterocycles. The molecule has 1 aliphatic heterocycles. The molecule has 3 unspecified atom stereocenters. The fourth-order valence-electron chi connectivity index (χ4n) is 2.65. The Labute approximate surface area is 122 Å². The zero-order chi connectivity index (χ0) is 14.4. The van der Waals surface area contributed by atoms with Gasteiger partial charge in [-0.2, -0.15) is 0 Å². The van der Waals surface area contributed by atoms with Crippen LogP contribution in [0.5, 0.6) is 0 Å². The molecule has 3 heteroatoms. The first-order valence-corrected chi connectivity index (χ1v) is 7.78. The zero-order valence-corrected chi connectivity index (χ0v) is 12.9. The lowest BCUT2D eigenvalue weighted by Crippen LogP contribution is -2.40. The lowest BCUT2D eigenvalue weighted by Gasteiger charge is -2.31. The fourth-order valence-corrected chi connectivity index (χ4v) is 2.65. The number of hydrogen-bond acceptors (Lipinski definition) is 3. The molecule has 0 saturated carbocycles. The van der Waals surface area contributed by atoms with E-state index in [9.17, 15) is 0 Å². The highest BCUT2D eigenvalue weighted by molar-refractivity contribution is 5.28. The summed E-state index contributed by atoms with van der Waals surface area (Å²) >= 11 is 0. The normalized spacial score (nSPS) is 22.4. The quantitative estimate of drug-likeness (QED) is 0.865. The summed E-state index contributed by atoms with van der Waals surface area (Å²) in [6, 6.07) is 9.17. The Morgan fingerprint density at radius 2 is 1.85 bits per heavy atom. The molecule has 0 aliphatic carbocycles. The van der Waals surface area contributed by atoms with Gasteiger partial charge in [0.1, 0.15) is 6.10 Å². The van der Waals surface area contributed by atoms with Crippen molar-refractivity contribution < 1.29 is 9.47 Å². The standard InChI is InChI=1S/C17H27NO2/c1-4-13(3)14-6-8-15(9-7-14)17(18-5-2)16-12-19-10-11-20-16/h6-9,13,16-18H,4-5,10-12H2,1-3H3. The van der Waals surface area contributed by atoms with Crippen LogP contribution in [0.2, 0.25) is 0 Å². The van der Waals surface area contributed by atoms with Crippen LogP contribution in [-0.2, 0) is 9.47 Å². The van der Waals surface area contributed by atoms with Gasteiger partial charge in [0.05, 0.1) is 25.9 Å². The third-order valence-electron chi connectivity index (χ3n) is 4.11. The topological polar surface area (TPSA) is 30.5 Å². The van der Waals surface area contributed by atoms with Crippen LogP contribution < -0.4 is 5.32 Å². The Kier molecular flexibility index (Phi) is 6.02. The van der Waals surface area contributed by atoms with Gasteiger partial charge in [0, 0.05) is 0 Å². The second-order valence-corrected chi connectivity index (χ2v) is 5.50. The summed E-state index contributed by atoms with van der Waals surface area (Å²) in [4.78, 5) is 0. The number of hydrogen-bond donors (Lipinski definition) is 1. The maximum atomic E-state index is 5.86. The Bertz CT molecular complexity index is 384. The molecule has 3 nitrogen and oxygen atoms in total. The van der Waals surface area contributed by atoms with Crippen molar-refractivity contribution in [2.75, 3.05) is 26.4 Å². The summed E-state index contributed by atoms with van der Waals surface area (Å²) in [6.07, 6.45) is 1.29. The van der Waals surface area contributed by atoms with Crippen molar-refractivity contribution in [3.8, 4) is 0 Å². The van der Waals surface area contributed by atoms with Crippen molar-refractivity contribution in [1.82, 2.24) is 5.32 Å². The van der Waals surface area contributed by atoms with E-state index < -0.39 is 0 Å². The molecule has 0 bridgehead atoms. The lowest BCUT2D eigenvalue weighted by molar-refractivity contribution is -0.102. The minimum Gasteiger partial charge on any atom is -0.376 e. The molecule has 112 valence electrons. The predicted molar refractivity (Wildman–Crippen MR) is 82.1 cm³/mol. The summed E-state index contributed by atoms with van der Waals surface area (Å²) in [5.41, 5.74) is 2.70. The molecule has 1 aromatic carbocycles. The molecule has 0 amide bonds. The van der Waals surface area contributed by atoms with Gasteiger partial charge in [-0.3, -0.25) is 0 Å². The van der Waals surface area contributed by atoms with Crippen molar-refractivity contribution >= 4 is 0 Å². The molecule has 20 heavy (non-hydrogen) atoms. The van der Waals surface area contributed by atoms with Crippen molar-refractivity contribution in [3.63, 3.8) is 0 Å². The van der Waals surface area contributed by atoms with Gasteiger partial charge in [-0.05, 0) is 30.0 Å². The molecular formula is C17H27NO2. The summed E-state index contributed by atoms with van der Waals surface area (Å²) in [7, 11) is 0. The molecule has 0 spiro atoms. The van der Waals surface area contributed by atoms with Crippen LogP contribution in [0, 0.1) is 0 Å². The molecule has 1 N–H and O–H groups in total. The highest BCUT2D eigenvalue weighted by Gasteiger charge is 2.25. The Balaban J connectivity index is 2.11. The molecule has 0 radical (unpaired) electrons. The SMILES string of the molecule is CCNC(c1ccc(C(C)CC)cc1)C1COCCO1. The average Bonchev–Trinajstić information content (AvgIpc) is 2.53. The first kappa shape index (κ1) is 15.5. The van der Waals surface area contributed by atoms with E-state index in [2.05, 4.69) is 50.4 Å². The maximum absolute atomic E-state index is 5.86. The summed E-state index contributed by atoms with van der Waals surface area (Å²) < 4.78 is 11.4. The zero-order valence-electron chi connectivity index (χ0n) is 12.9. The molecule has 1 fully saturated rings. The Morgan fingerprint density at radius 1 is 1.15 bits per heavy atom. The van der Waals surface area contributed by atoms with E-state index in [1.165, 1.54) is 17.5 Å². The van der Waals surface area contributed by atoms with Crippen LogP contribution in [0.4, 0.5) is 0 Å². The average molecular weight is 277 g/mol. The van der Waals surface area contributed by atoms with Crippen molar-refractivity contribution in [2.45, 2.75) is 45.3 Å². The van der Waals surface area contributed by atoms with E-state index in [1.54, 1.807) is 0 Å². The molecule has 1 aromatic rings. The van der Waals surface area contributed by atoms with Crippen molar-refractivity contribution in [2.24, 2.45) is 0 Å². The van der Waals surface area contributed by atoms with Gasteiger partial charge in [-0.25, -0.2) is 0 Å². The van der Waals surface area contributed by atoms with E-state index in [0.717, 1.165) is 6.54 Å². The van der Waals surface area contributed by atoms with Gasteiger partial charge in [-0.1, -0.05) is 45.0 Å². The highest BCUT2D eigenvalue weighted by Crippen LogP contribution is 2.25. The smallest absolute Gasteiger partial charge is 0.100 e. The van der Waals surface area contributed by atoms with Crippen molar-refractivity contribution in [1.29, 1.82) is 0 Å². The van der Waals surface area contributed by atoms with Gasteiger partial charge in [0.15, 0.2) is 0 Å². The Morgan fingerprint density at radius 3 is 2.40 bits per heavy atom. The first-order chi connectivity index (χ1) is 9.76. The maximum Gasteiger partial charge on any atom is 0.100 e. The minimum atomic E-state index is 0.109. The van der Waals surface area contributed by atoms with Crippen molar-refractivity contribution in [3.05, 3.63) is 35.4 Å².